The summed E-state index contributed by atoms with van der Waals surface area (Å²) in [5, 5.41) is 0.688. The molecule has 4 nitrogen and oxygen atoms in total. The molecule has 3 aromatic carbocycles. The molecule has 4 aromatic rings. The van der Waals surface area contributed by atoms with Gasteiger partial charge in [-0.2, -0.15) is 0 Å². The number of hydrogen-bond donors (Lipinski definition) is 0. The van der Waals surface area contributed by atoms with Crippen molar-refractivity contribution in [2.24, 2.45) is 0 Å². The van der Waals surface area contributed by atoms with Crippen LogP contribution in [0.25, 0.3) is 11.0 Å². The van der Waals surface area contributed by atoms with Gasteiger partial charge < -0.3 is 14.0 Å². The summed E-state index contributed by atoms with van der Waals surface area (Å²) in [6.07, 6.45) is 0. The first-order chi connectivity index (χ1) is 14.1. The Balaban J connectivity index is 1.51. The third-order valence-corrected chi connectivity index (χ3v) is 5.08. The molecule has 0 amide bonds. The van der Waals surface area contributed by atoms with E-state index in [-0.39, 0.29) is 0 Å². The van der Waals surface area contributed by atoms with E-state index < -0.39 is 0 Å². The molecular weight excluding hydrogens is 384 g/mol. The molecule has 29 heavy (non-hydrogen) atoms. The molecule has 1 heterocycles. The number of benzene rings is 3. The van der Waals surface area contributed by atoms with Crippen LogP contribution < -0.4 is 9.47 Å². The van der Waals surface area contributed by atoms with Gasteiger partial charge in [0.05, 0.1) is 17.6 Å². The van der Waals surface area contributed by atoms with E-state index in [1.807, 2.05) is 42.5 Å². The van der Waals surface area contributed by atoms with Gasteiger partial charge in [-0.15, -0.1) is 0 Å². The van der Waals surface area contributed by atoms with Crippen molar-refractivity contribution in [3.63, 3.8) is 0 Å². The third-order valence-electron chi connectivity index (χ3n) is 4.83. The largest absolute Gasteiger partial charge is 0.491 e. The summed E-state index contributed by atoms with van der Waals surface area (Å²) in [6.45, 7) is 5.75. The number of para-hydroxylation sites is 2. The molecule has 148 valence electrons. The van der Waals surface area contributed by atoms with Crippen LogP contribution in [-0.4, -0.2) is 16.2 Å². The summed E-state index contributed by atoms with van der Waals surface area (Å²) < 4.78 is 14.2. The van der Waals surface area contributed by atoms with E-state index in [0.29, 0.717) is 24.8 Å². The number of aryl methyl sites for hydroxylation is 2. The summed E-state index contributed by atoms with van der Waals surface area (Å²) >= 11 is 5.95. The highest BCUT2D eigenvalue weighted by molar-refractivity contribution is 6.30. The van der Waals surface area contributed by atoms with Gasteiger partial charge in [-0.25, -0.2) is 4.98 Å². The number of halogens is 1. The first-order valence-electron chi connectivity index (χ1n) is 9.63. The van der Waals surface area contributed by atoms with Crippen LogP contribution in [0.3, 0.4) is 0 Å². The lowest BCUT2D eigenvalue weighted by Crippen LogP contribution is -2.13. The van der Waals surface area contributed by atoms with Crippen molar-refractivity contribution in [1.82, 2.24) is 9.55 Å². The Morgan fingerprint density at radius 2 is 1.72 bits per heavy atom. The Hall–Kier alpha value is -2.98. The lowest BCUT2D eigenvalue weighted by molar-refractivity contribution is 0.271. The predicted molar refractivity (Wildman–Crippen MR) is 117 cm³/mol. The van der Waals surface area contributed by atoms with Crippen LogP contribution in [0.4, 0.5) is 0 Å². The minimum Gasteiger partial charge on any atom is -0.491 e. The molecule has 5 heteroatoms. The fourth-order valence-electron chi connectivity index (χ4n) is 3.27. The van der Waals surface area contributed by atoms with Crippen molar-refractivity contribution in [3.05, 3.63) is 88.7 Å². The molecule has 4 rings (SSSR count). The second kappa shape index (κ2) is 8.58. The van der Waals surface area contributed by atoms with E-state index in [4.69, 9.17) is 26.1 Å². The van der Waals surface area contributed by atoms with E-state index in [1.54, 1.807) is 0 Å². The molecule has 0 aliphatic heterocycles. The van der Waals surface area contributed by atoms with Crippen LogP contribution in [0.2, 0.25) is 5.02 Å². The van der Waals surface area contributed by atoms with Gasteiger partial charge in [-0.05, 0) is 67.4 Å². The SMILES string of the molecule is Cc1ccc(C)c(OCCn2c(COc3ccc(Cl)cc3)nc3ccccc32)c1. The topological polar surface area (TPSA) is 36.3 Å². The first-order valence-corrected chi connectivity index (χ1v) is 10.0. The highest BCUT2D eigenvalue weighted by Crippen LogP contribution is 2.22. The van der Waals surface area contributed by atoms with Crippen LogP contribution >= 0.6 is 11.6 Å². The normalized spacial score (nSPS) is 11.0. The Morgan fingerprint density at radius 1 is 0.931 bits per heavy atom. The zero-order valence-electron chi connectivity index (χ0n) is 16.6. The van der Waals surface area contributed by atoms with Crippen molar-refractivity contribution in [1.29, 1.82) is 0 Å². The molecule has 0 bridgehead atoms. The maximum atomic E-state index is 6.07. The van der Waals surface area contributed by atoms with Crippen LogP contribution in [0, 0.1) is 13.8 Å². The van der Waals surface area contributed by atoms with Crippen LogP contribution in [0.5, 0.6) is 11.5 Å². The molecular formula is C24H23ClN2O2. The fraction of sp³-hybridized carbons (Fsp3) is 0.208. The van der Waals surface area contributed by atoms with E-state index in [1.165, 1.54) is 5.56 Å². The van der Waals surface area contributed by atoms with Crippen LogP contribution in [-0.2, 0) is 13.2 Å². The zero-order valence-corrected chi connectivity index (χ0v) is 17.3. The second-order valence-electron chi connectivity index (χ2n) is 7.03. The fourth-order valence-corrected chi connectivity index (χ4v) is 3.40. The van der Waals surface area contributed by atoms with Crippen molar-refractivity contribution in [2.45, 2.75) is 27.0 Å². The number of nitrogens with zero attached hydrogens (tertiary/aromatic N) is 2. The van der Waals surface area contributed by atoms with Gasteiger partial charge in [0.2, 0.25) is 0 Å². The molecule has 0 saturated heterocycles. The van der Waals surface area contributed by atoms with Gasteiger partial charge in [0.15, 0.2) is 0 Å². The lowest BCUT2D eigenvalue weighted by Gasteiger charge is -2.13. The van der Waals surface area contributed by atoms with Gasteiger partial charge >= 0.3 is 0 Å². The first kappa shape index (κ1) is 19.3. The molecule has 0 aliphatic carbocycles. The van der Waals surface area contributed by atoms with Gasteiger partial charge in [-0.1, -0.05) is 35.9 Å². The molecule has 0 fully saturated rings. The van der Waals surface area contributed by atoms with Crippen molar-refractivity contribution in [3.8, 4) is 11.5 Å². The van der Waals surface area contributed by atoms with Crippen molar-refractivity contribution >= 4 is 22.6 Å². The molecule has 1 aromatic heterocycles. The van der Waals surface area contributed by atoms with Crippen LogP contribution in [0.1, 0.15) is 17.0 Å². The van der Waals surface area contributed by atoms with Crippen molar-refractivity contribution < 1.29 is 9.47 Å². The van der Waals surface area contributed by atoms with E-state index >= 15 is 0 Å². The van der Waals surface area contributed by atoms with Crippen LogP contribution in [0.15, 0.2) is 66.7 Å². The van der Waals surface area contributed by atoms with Gasteiger partial charge in [-0.3, -0.25) is 0 Å². The molecule has 0 atom stereocenters. The van der Waals surface area contributed by atoms with Crippen molar-refractivity contribution in [2.75, 3.05) is 6.61 Å². The Labute approximate surface area is 175 Å². The quantitative estimate of drug-likeness (QED) is 0.379. The lowest BCUT2D eigenvalue weighted by atomic mass is 10.1. The average molecular weight is 407 g/mol. The predicted octanol–water partition coefficient (Wildman–Crippen LogP) is 5.96. The molecule has 0 unspecified atom stereocenters. The summed E-state index contributed by atoms with van der Waals surface area (Å²) in [7, 11) is 0. The third kappa shape index (κ3) is 4.54. The summed E-state index contributed by atoms with van der Waals surface area (Å²) in [5.41, 5.74) is 4.36. The minimum absolute atomic E-state index is 0.375. The molecule has 0 saturated carbocycles. The van der Waals surface area contributed by atoms with E-state index in [2.05, 4.69) is 42.7 Å². The zero-order chi connectivity index (χ0) is 20.2. The van der Waals surface area contributed by atoms with Gasteiger partial charge in [0.1, 0.15) is 30.5 Å². The highest BCUT2D eigenvalue weighted by atomic mass is 35.5. The number of aromatic nitrogens is 2. The molecule has 0 N–H and O–H groups in total. The van der Waals surface area contributed by atoms with E-state index in [0.717, 1.165) is 33.9 Å². The standard InChI is InChI=1S/C24H23ClN2O2/c1-17-7-8-18(2)23(15-17)28-14-13-27-22-6-4-3-5-21(22)26-24(27)16-29-20-11-9-19(25)10-12-20/h3-12,15H,13-14,16H2,1-2H3. The smallest absolute Gasteiger partial charge is 0.148 e. The maximum absolute atomic E-state index is 6.07. The summed E-state index contributed by atoms with van der Waals surface area (Å²) in [6, 6.07) is 21.7. The monoisotopic (exact) mass is 406 g/mol. The summed E-state index contributed by atoms with van der Waals surface area (Å²) in [4.78, 5) is 4.76. The van der Waals surface area contributed by atoms with E-state index in [9.17, 15) is 0 Å². The molecule has 0 spiro atoms. The van der Waals surface area contributed by atoms with Gasteiger partial charge in [0, 0.05) is 5.02 Å². The molecule has 0 radical (unpaired) electrons. The highest BCUT2D eigenvalue weighted by Gasteiger charge is 2.12. The maximum Gasteiger partial charge on any atom is 0.148 e. The second-order valence-corrected chi connectivity index (χ2v) is 7.46. The molecule has 0 aliphatic rings. The summed E-state index contributed by atoms with van der Waals surface area (Å²) in [5.74, 6) is 2.55. The number of rotatable bonds is 7. The number of fused-ring (bicyclic) bond motifs is 1. The minimum atomic E-state index is 0.375. The van der Waals surface area contributed by atoms with Gasteiger partial charge in [0.25, 0.3) is 0 Å². The number of ether oxygens (including phenoxy) is 2. The Morgan fingerprint density at radius 3 is 2.55 bits per heavy atom. The Kier molecular flexibility index (Phi) is 5.72. The Bertz CT molecular complexity index is 1120. The number of imidazole rings is 1. The number of hydrogen-bond acceptors (Lipinski definition) is 3. The average Bonchev–Trinajstić information content (AvgIpc) is 3.08.